The Morgan fingerprint density at radius 3 is 1.91 bits per heavy atom. The number of nitrogens with zero attached hydrogens (tertiary/aromatic N) is 2. The largest absolute Gasteiger partial charge is 0.492 e. The first-order chi connectivity index (χ1) is 10.5. The first-order valence-electron chi connectivity index (χ1n) is 7.28. The monoisotopic (exact) mass is 310 g/mol. The van der Waals surface area contributed by atoms with Gasteiger partial charge in [-0.3, -0.25) is 0 Å². The number of carbonyl (C=O) groups is 1. The van der Waals surface area contributed by atoms with Gasteiger partial charge in [-0.25, -0.2) is 4.79 Å². The summed E-state index contributed by atoms with van der Waals surface area (Å²) >= 11 is 0. The van der Waals surface area contributed by atoms with E-state index in [1.807, 2.05) is 45.2 Å². The van der Waals surface area contributed by atoms with Crippen molar-refractivity contribution in [3.05, 3.63) is 24.3 Å². The molecule has 0 bridgehead atoms. The van der Waals surface area contributed by atoms with E-state index in [2.05, 4.69) is 4.90 Å². The van der Waals surface area contributed by atoms with Crippen molar-refractivity contribution < 1.29 is 19.0 Å². The molecule has 0 aliphatic heterocycles. The maximum atomic E-state index is 11.5. The van der Waals surface area contributed by atoms with Crippen LogP contribution in [0.15, 0.2) is 24.3 Å². The van der Waals surface area contributed by atoms with Crippen LogP contribution in [0.1, 0.15) is 0 Å². The van der Waals surface area contributed by atoms with E-state index in [1.165, 1.54) is 0 Å². The standard InChI is InChI=1S/C16H26N2O4/c1-17(2)9-11-20-14-5-7-15(8-6-14)22-13-16(19)21-12-10-18(3)4/h5-8H,9-13H2,1-4H3. The summed E-state index contributed by atoms with van der Waals surface area (Å²) in [6.45, 7) is 2.47. The molecule has 1 aromatic rings. The maximum absolute atomic E-state index is 11.5. The summed E-state index contributed by atoms with van der Waals surface area (Å²) in [5, 5.41) is 0. The zero-order valence-corrected chi connectivity index (χ0v) is 13.9. The van der Waals surface area contributed by atoms with Gasteiger partial charge in [0.1, 0.15) is 24.7 Å². The molecule has 6 heteroatoms. The van der Waals surface area contributed by atoms with Gasteiger partial charge in [-0.1, -0.05) is 0 Å². The molecular formula is C16H26N2O4. The Hall–Kier alpha value is -1.79. The lowest BCUT2D eigenvalue weighted by Crippen LogP contribution is -2.22. The lowest BCUT2D eigenvalue weighted by Gasteiger charge is -2.12. The number of ether oxygens (including phenoxy) is 3. The zero-order chi connectivity index (χ0) is 16.4. The van der Waals surface area contributed by atoms with Gasteiger partial charge in [0.15, 0.2) is 6.61 Å². The van der Waals surface area contributed by atoms with Crippen LogP contribution in [0, 0.1) is 0 Å². The number of likely N-dealkylation sites (N-methyl/N-ethyl adjacent to an activating group) is 2. The van der Waals surface area contributed by atoms with E-state index in [9.17, 15) is 4.79 Å². The molecule has 0 amide bonds. The summed E-state index contributed by atoms with van der Waals surface area (Å²) in [6.07, 6.45) is 0. The highest BCUT2D eigenvalue weighted by atomic mass is 16.6. The molecule has 1 aromatic carbocycles. The Balaban J connectivity index is 2.24. The van der Waals surface area contributed by atoms with Crippen molar-refractivity contribution in [3.63, 3.8) is 0 Å². The molecular weight excluding hydrogens is 284 g/mol. The van der Waals surface area contributed by atoms with Crippen molar-refractivity contribution in [1.29, 1.82) is 0 Å². The summed E-state index contributed by atoms with van der Waals surface area (Å²) in [5.41, 5.74) is 0. The number of hydrogen-bond donors (Lipinski definition) is 0. The van der Waals surface area contributed by atoms with Crippen LogP contribution in [0.5, 0.6) is 11.5 Å². The van der Waals surface area contributed by atoms with Crippen LogP contribution >= 0.6 is 0 Å². The van der Waals surface area contributed by atoms with Gasteiger partial charge in [-0.05, 0) is 52.5 Å². The molecule has 0 radical (unpaired) electrons. The highest BCUT2D eigenvalue weighted by Gasteiger charge is 2.05. The minimum atomic E-state index is -0.367. The molecule has 0 aliphatic carbocycles. The summed E-state index contributed by atoms with van der Waals surface area (Å²) < 4.78 is 16.0. The Morgan fingerprint density at radius 2 is 1.36 bits per heavy atom. The third kappa shape index (κ3) is 8.49. The van der Waals surface area contributed by atoms with E-state index < -0.39 is 0 Å². The van der Waals surface area contributed by atoms with Crippen LogP contribution in [0.3, 0.4) is 0 Å². The molecule has 124 valence electrons. The normalized spacial score (nSPS) is 10.8. The van der Waals surface area contributed by atoms with E-state index in [0.29, 0.717) is 25.5 Å². The molecule has 0 aliphatic rings. The number of esters is 1. The third-order valence-corrected chi connectivity index (χ3v) is 2.79. The minimum Gasteiger partial charge on any atom is -0.492 e. The zero-order valence-electron chi connectivity index (χ0n) is 13.9. The molecule has 1 rings (SSSR count). The van der Waals surface area contributed by atoms with Crippen LogP contribution in [-0.2, 0) is 9.53 Å². The van der Waals surface area contributed by atoms with Gasteiger partial charge in [0.2, 0.25) is 0 Å². The van der Waals surface area contributed by atoms with E-state index >= 15 is 0 Å². The third-order valence-electron chi connectivity index (χ3n) is 2.79. The lowest BCUT2D eigenvalue weighted by atomic mass is 10.3. The van der Waals surface area contributed by atoms with Crippen molar-refractivity contribution in [2.24, 2.45) is 0 Å². The molecule has 0 unspecified atom stereocenters. The van der Waals surface area contributed by atoms with Crippen molar-refractivity contribution in [1.82, 2.24) is 9.80 Å². The molecule has 0 saturated heterocycles. The molecule has 0 heterocycles. The molecule has 0 atom stereocenters. The summed E-state index contributed by atoms with van der Waals surface area (Å²) in [6, 6.07) is 7.20. The Morgan fingerprint density at radius 1 is 0.864 bits per heavy atom. The van der Waals surface area contributed by atoms with E-state index in [0.717, 1.165) is 12.3 Å². The Kier molecular flexibility index (Phi) is 8.32. The van der Waals surface area contributed by atoms with E-state index in [-0.39, 0.29) is 12.6 Å². The van der Waals surface area contributed by atoms with Crippen LogP contribution in [0.2, 0.25) is 0 Å². The summed E-state index contributed by atoms with van der Waals surface area (Å²) in [5.74, 6) is 1.03. The first kappa shape index (κ1) is 18.3. The Bertz CT molecular complexity index is 432. The second-order valence-corrected chi connectivity index (χ2v) is 5.44. The highest BCUT2D eigenvalue weighted by Crippen LogP contribution is 2.17. The van der Waals surface area contributed by atoms with E-state index in [1.54, 1.807) is 12.1 Å². The minimum absolute atomic E-state index is 0.0890. The second kappa shape index (κ2) is 10.0. The molecule has 0 saturated carbocycles. The second-order valence-electron chi connectivity index (χ2n) is 5.44. The fourth-order valence-electron chi connectivity index (χ4n) is 1.50. The molecule has 22 heavy (non-hydrogen) atoms. The quantitative estimate of drug-likeness (QED) is 0.604. The van der Waals surface area contributed by atoms with Gasteiger partial charge in [0.25, 0.3) is 0 Å². The number of hydrogen-bond acceptors (Lipinski definition) is 6. The molecule has 6 nitrogen and oxygen atoms in total. The van der Waals surface area contributed by atoms with Gasteiger partial charge in [-0.2, -0.15) is 0 Å². The van der Waals surface area contributed by atoms with Gasteiger partial charge in [-0.15, -0.1) is 0 Å². The predicted octanol–water partition coefficient (Wildman–Crippen LogP) is 1.11. The molecule has 0 N–H and O–H groups in total. The van der Waals surface area contributed by atoms with E-state index in [4.69, 9.17) is 14.2 Å². The average Bonchev–Trinajstić information content (AvgIpc) is 2.45. The molecule has 0 aromatic heterocycles. The fraction of sp³-hybridized carbons (Fsp3) is 0.562. The topological polar surface area (TPSA) is 51.2 Å². The van der Waals surface area contributed by atoms with Crippen LogP contribution in [-0.4, -0.2) is 76.9 Å². The summed E-state index contributed by atoms with van der Waals surface area (Å²) in [7, 11) is 7.84. The van der Waals surface area contributed by atoms with Gasteiger partial charge in [0, 0.05) is 13.1 Å². The Labute approximate surface area is 132 Å². The number of carbonyl (C=O) groups excluding carboxylic acids is 1. The van der Waals surface area contributed by atoms with Crippen LogP contribution in [0.25, 0.3) is 0 Å². The number of rotatable bonds is 10. The smallest absolute Gasteiger partial charge is 0.344 e. The predicted molar refractivity (Wildman–Crippen MR) is 85.5 cm³/mol. The molecule has 0 fully saturated rings. The summed E-state index contributed by atoms with van der Waals surface area (Å²) in [4.78, 5) is 15.5. The van der Waals surface area contributed by atoms with Gasteiger partial charge in [0.05, 0.1) is 0 Å². The van der Waals surface area contributed by atoms with Crippen molar-refractivity contribution in [2.45, 2.75) is 0 Å². The van der Waals surface area contributed by atoms with Crippen LogP contribution < -0.4 is 9.47 Å². The van der Waals surface area contributed by atoms with Crippen molar-refractivity contribution in [3.8, 4) is 11.5 Å². The maximum Gasteiger partial charge on any atom is 0.344 e. The van der Waals surface area contributed by atoms with Gasteiger partial charge >= 0.3 is 5.97 Å². The van der Waals surface area contributed by atoms with Gasteiger partial charge < -0.3 is 24.0 Å². The molecule has 0 spiro atoms. The highest BCUT2D eigenvalue weighted by molar-refractivity contribution is 5.71. The average molecular weight is 310 g/mol. The SMILES string of the molecule is CN(C)CCOC(=O)COc1ccc(OCCN(C)C)cc1. The van der Waals surface area contributed by atoms with Crippen molar-refractivity contribution >= 4 is 5.97 Å². The number of benzene rings is 1. The van der Waals surface area contributed by atoms with Crippen molar-refractivity contribution in [2.75, 3.05) is 61.1 Å². The first-order valence-corrected chi connectivity index (χ1v) is 7.28. The fourth-order valence-corrected chi connectivity index (χ4v) is 1.50. The lowest BCUT2D eigenvalue weighted by molar-refractivity contribution is -0.146. The van der Waals surface area contributed by atoms with Crippen LogP contribution in [0.4, 0.5) is 0 Å².